The Labute approximate surface area is 155 Å². The number of aromatic hydroxyl groups is 1. The molecule has 0 saturated carbocycles. The number of carbonyl (C=O) groups is 1. The third-order valence-electron chi connectivity index (χ3n) is 3.88. The first-order valence-corrected chi connectivity index (χ1v) is 8.45. The number of carbonyl (C=O) groups excluding carboxylic acids is 1. The molecule has 144 valence electrons. The number of aromatic amines is 1. The van der Waals surface area contributed by atoms with E-state index in [0.717, 1.165) is 11.0 Å². The smallest absolute Gasteiger partial charge is 0.335 e. The van der Waals surface area contributed by atoms with Crippen molar-refractivity contribution in [2.45, 2.75) is 33.1 Å². The molecule has 0 spiro atoms. The lowest BCUT2D eigenvalue weighted by Gasteiger charge is -2.12. The number of unbranched alkanes of at least 4 members (excludes halogenated alkanes) is 1. The summed E-state index contributed by atoms with van der Waals surface area (Å²) >= 11 is 0. The van der Waals surface area contributed by atoms with Crippen LogP contribution in [-0.4, -0.2) is 33.4 Å². The summed E-state index contributed by atoms with van der Waals surface area (Å²) in [4.78, 5) is 38.2. The Kier molecular flexibility index (Phi) is 6.53. The van der Waals surface area contributed by atoms with Gasteiger partial charge < -0.3 is 9.84 Å². The molecule has 27 heavy (non-hydrogen) atoms. The van der Waals surface area contributed by atoms with E-state index in [4.69, 9.17) is 4.74 Å². The first-order valence-electron chi connectivity index (χ1n) is 8.45. The summed E-state index contributed by atoms with van der Waals surface area (Å²) in [6, 6.07) is 6.34. The molecule has 0 atom stereocenters. The first kappa shape index (κ1) is 20.0. The molecule has 1 aromatic heterocycles. The van der Waals surface area contributed by atoms with Gasteiger partial charge >= 0.3 is 5.69 Å². The fourth-order valence-corrected chi connectivity index (χ4v) is 2.42. The molecule has 1 heterocycles. The minimum absolute atomic E-state index is 0.0702. The molecule has 9 nitrogen and oxygen atoms in total. The molecule has 0 aliphatic carbocycles. The molecule has 0 bridgehead atoms. The van der Waals surface area contributed by atoms with Crippen LogP contribution >= 0.6 is 0 Å². The zero-order valence-electron chi connectivity index (χ0n) is 15.4. The predicted octanol–water partition coefficient (Wildman–Crippen LogP) is 1.27. The van der Waals surface area contributed by atoms with E-state index in [1.807, 2.05) is 6.92 Å². The molecule has 0 aliphatic rings. The van der Waals surface area contributed by atoms with Crippen molar-refractivity contribution >= 4 is 11.6 Å². The number of rotatable bonds is 7. The Morgan fingerprint density at radius 2 is 1.96 bits per heavy atom. The number of ether oxygens (including phenoxy) is 1. The zero-order chi connectivity index (χ0) is 20.0. The lowest BCUT2D eigenvalue weighted by molar-refractivity contribution is -0.121. The fraction of sp³-hybridized carbons (Fsp3) is 0.333. The number of benzene rings is 1. The summed E-state index contributed by atoms with van der Waals surface area (Å²) in [6.07, 6.45) is 1.89. The maximum absolute atomic E-state index is 12.2. The maximum atomic E-state index is 12.2. The Morgan fingerprint density at radius 3 is 2.56 bits per heavy atom. The van der Waals surface area contributed by atoms with E-state index in [0.29, 0.717) is 24.3 Å². The molecule has 0 fully saturated rings. The van der Waals surface area contributed by atoms with Gasteiger partial charge in [0.2, 0.25) is 11.8 Å². The number of amides is 1. The van der Waals surface area contributed by atoms with Crippen molar-refractivity contribution in [3.05, 3.63) is 50.7 Å². The summed E-state index contributed by atoms with van der Waals surface area (Å²) in [6.45, 7) is 3.41. The minimum atomic E-state index is -0.800. The number of nitrogens with zero attached hydrogens (tertiary/aromatic N) is 2. The van der Waals surface area contributed by atoms with Gasteiger partial charge in [0.25, 0.3) is 5.56 Å². The van der Waals surface area contributed by atoms with E-state index in [9.17, 15) is 19.5 Å². The molecule has 1 amide bonds. The van der Waals surface area contributed by atoms with E-state index in [2.05, 4.69) is 15.5 Å². The van der Waals surface area contributed by atoms with Crippen LogP contribution in [0.3, 0.4) is 0 Å². The number of H-pyrrole nitrogens is 1. The van der Waals surface area contributed by atoms with E-state index in [-0.39, 0.29) is 17.2 Å². The highest BCUT2D eigenvalue weighted by Gasteiger charge is 2.18. The predicted molar refractivity (Wildman–Crippen MR) is 101 cm³/mol. The third-order valence-corrected chi connectivity index (χ3v) is 3.88. The van der Waals surface area contributed by atoms with Crippen LogP contribution in [0, 0.1) is 0 Å². The molecule has 1 aromatic carbocycles. The van der Waals surface area contributed by atoms with Gasteiger partial charge in [-0.2, -0.15) is 5.10 Å². The second-order valence-corrected chi connectivity index (χ2v) is 5.83. The number of methoxy groups -OCH3 is 1. The molecular formula is C18H22N4O5. The summed E-state index contributed by atoms with van der Waals surface area (Å²) in [5, 5.41) is 14.4. The minimum Gasteiger partial charge on any atom is -0.497 e. The summed E-state index contributed by atoms with van der Waals surface area (Å²) in [7, 11) is 1.51. The first-order chi connectivity index (χ1) is 12.9. The molecular weight excluding hydrogens is 352 g/mol. The molecule has 9 heteroatoms. The number of nitrogens with one attached hydrogen (secondary N) is 2. The summed E-state index contributed by atoms with van der Waals surface area (Å²) in [5.74, 6) is -0.294. The molecule has 0 aliphatic heterocycles. The summed E-state index contributed by atoms with van der Waals surface area (Å²) < 4.78 is 6.00. The van der Waals surface area contributed by atoms with E-state index in [1.165, 1.54) is 14.0 Å². The van der Waals surface area contributed by atoms with Crippen molar-refractivity contribution in [3.8, 4) is 17.3 Å². The Morgan fingerprint density at radius 1 is 1.30 bits per heavy atom. The lowest BCUT2D eigenvalue weighted by atomic mass is 10.2. The van der Waals surface area contributed by atoms with Gasteiger partial charge in [0.15, 0.2) is 0 Å². The SMILES string of the molecule is CCCCC(=O)NN=C(C)c1c(O)n(-c2ccc(OC)cc2)c(=O)[nH]c1=O. The molecule has 2 aromatic rings. The average molecular weight is 374 g/mol. The Balaban J connectivity index is 2.44. The second-order valence-electron chi connectivity index (χ2n) is 5.83. The van der Waals surface area contributed by atoms with E-state index < -0.39 is 17.1 Å². The standard InChI is InChI=1S/C18H22N4O5/c1-4-5-6-14(23)21-20-11(2)15-16(24)19-18(26)22(17(15)25)12-7-9-13(27-3)10-8-12/h7-10,25H,4-6H2,1-3H3,(H,21,23)(H,19,24,26). The molecule has 0 radical (unpaired) electrons. The van der Waals surface area contributed by atoms with Gasteiger partial charge in [0, 0.05) is 6.42 Å². The highest BCUT2D eigenvalue weighted by Crippen LogP contribution is 2.19. The van der Waals surface area contributed by atoms with Gasteiger partial charge in [0.05, 0.1) is 18.5 Å². The van der Waals surface area contributed by atoms with Crippen LogP contribution in [0.4, 0.5) is 0 Å². The van der Waals surface area contributed by atoms with Crippen molar-refractivity contribution in [1.29, 1.82) is 0 Å². The lowest BCUT2D eigenvalue weighted by Crippen LogP contribution is -2.33. The average Bonchev–Trinajstić information content (AvgIpc) is 2.64. The van der Waals surface area contributed by atoms with Crippen LogP contribution in [0.2, 0.25) is 0 Å². The van der Waals surface area contributed by atoms with Gasteiger partial charge in [-0.3, -0.25) is 14.6 Å². The van der Waals surface area contributed by atoms with Crippen LogP contribution in [-0.2, 0) is 4.79 Å². The van der Waals surface area contributed by atoms with E-state index in [1.54, 1.807) is 24.3 Å². The monoisotopic (exact) mass is 374 g/mol. The van der Waals surface area contributed by atoms with Gasteiger partial charge in [-0.15, -0.1) is 0 Å². The van der Waals surface area contributed by atoms with Crippen LogP contribution in [0.1, 0.15) is 38.7 Å². The van der Waals surface area contributed by atoms with Crippen LogP contribution in [0.5, 0.6) is 11.6 Å². The molecule has 0 unspecified atom stereocenters. The molecule has 3 N–H and O–H groups in total. The normalized spacial score (nSPS) is 11.3. The van der Waals surface area contributed by atoms with Gasteiger partial charge in [0.1, 0.15) is 11.3 Å². The highest BCUT2D eigenvalue weighted by molar-refractivity contribution is 6.00. The second kappa shape index (κ2) is 8.84. The van der Waals surface area contributed by atoms with Crippen molar-refractivity contribution in [2.24, 2.45) is 5.10 Å². The van der Waals surface area contributed by atoms with Crippen molar-refractivity contribution in [2.75, 3.05) is 7.11 Å². The van der Waals surface area contributed by atoms with Crippen LogP contribution < -0.4 is 21.4 Å². The zero-order valence-corrected chi connectivity index (χ0v) is 15.4. The largest absolute Gasteiger partial charge is 0.497 e. The number of hydrogen-bond donors (Lipinski definition) is 3. The molecule has 0 saturated heterocycles. The van der Waals surface area contributed by atoms with Gasteiger partial charge in [-0.1, -0.05) is 13.3 Å². The quantitative estimate of drug-likeness (QED) is 0.497. The van der Waals surface area contributed by atoms with Crippen molar-refractivity contribution in [1.82, 2.24) is 15.0 Å². The number of aromatic nitrogens is 2. The third kappa shape index (κ3) is 4.63. The Bertz CT molecular complexity index is 957. The van der Waals surface area contributed by atoms with Crippen molar-refractivity contribution < 1.29 is 14.6 Å². The van der Waals surface area contributed by atoms with Gasteiger partial charge in [-0.25, -0.2) is 14.8 Å². The van der Waals surface area contributed by atoms with Crippen LogP contribution in [0.15, 0.2) is 39.0 Å². The summed E-state index contributed by atoms with van der Waals surface area (Å²) in [5.41, 5.74) is 0.933. The number of hydrazone groups is 1. The van der Waals surface area contributed by atoms with E-state index >= 15 is 0 Å². The van der Waals surface area contributed by atoms with Gasteiger partial charge in [-0.05, 0) is 37.6 Å². The Hall–Kier alpha value is -3.36. The van der Waals surface area contributed by atoms with Crippen LogP contribution in [0.25, 0.3) is 5.69 Å². The molecule has 2 rings (SSSR count). The highest BCUT2D eigenvalue weighted by atomic mass is 16.5. The van der Waals surface area contributed by atoms with Crippen molar-refractivity contribution in [3.63, 3.8) is 0 Å². The maximum Gasteiger partial charge on any atom is 0.335 e. The fourth-order valence-electron chi connectivity index (χ4n) is 2.42. The number of hydrogen-bond acceptors (Lipinski definition) is 6. The topological polar surface area (TPSA) is 126 Å².